The molecule has 160 valence electrons. The summed E-state index contributed by atoms with van der Waals surface area (Å²) in [6.07, 6.45) is 6.76. The highest BCUT2D eigenvalue weighted by Gasteiger charge is 2.37. The number of carbonyl (C=O) groups is 1. The van der Waals surface area contributed by atoms with Crippen LogP contribution in [0.1, 0.15) is 30.1 Å². The predicted molar refractivity (Wildman–Crippen MR) is 113 cm³/mol. The predicted octanol–water partition coefficient (Wildman–Crippen LogP) is 1.29. The van der Waals surface area contributed by atoms with E-state index in [0.29, 0.717) is 41.7 Å². The second-order valence-corrected chi connectivity index (χ2v) is 7.59. The van der Waals surface area contributed by atoms with Crippen molar-refractivity contribution in [3.05, 3.63) is 40.8 Å². The maximum absolute atomic E-state index is 13.5. The first-order valence-corrected chi connectivity index (χ1v) is 10.2. The molecule has 0 spiro atoms. The summed E-state index contributed by atoms with van der Waals surface area (Å²) in [5, 5.41) is 7.20. The third kappa shape index (κ3) is 3.31. The van der Waals surface area contributed by atoms with Gasteiger partial charge < -0.3 is 19.5 Å². The molecule has 1 unspecified atom stereocenters. The van der Waals surface area contributed by atoms with Gasteiger partial charge in [-0.25, -0.2) is 9.78 Å². The zero-order valence-corrected chi connectivity index (χ0v) is 17.3. The molecule has 1 fully saturated rings. The molecule has 0 bridgehead atoms. The van der Waals surface area contributed by atoms with E-state index >= 15 is 0 Å². The van der Waals surface area contributed by atoms with Crippen LogP contribution in [0.2, 0.25) is 0 Å². The van der Waals surface area contributed by atoms with Crippen LogP contribution in [0.25, 0.3) is 11.5 Å². The van der Waals surface area contributed by atoms with E-state index < -0.39 is 5.76 Å². The van der Waals surface area contributed by atoms with Gasteiger partial charge in [-0.15, -0.1) is 5.10 Å². The summed E-state index contributed by atoms with van der Waals surface area (Å²) in [5.74, 6) is 0.595. The molecule has 1 saturated heterocycles. The molecule has 2 aliphatic heterocycles. The summed E-state index contributed by atoms with van der Waals surface area (Å²) in [7, 11) is 1.51. The van der Waals surface area contributed by atoms with Gasteiger partial charge in [0.2, 0.25) is 5.95 Å². The third-order valence-electron chi connectivity index (χ3n) is 5.59. The van der Waals surface area contributed by atoms with E-state index in [0.717, 1.165) is 24.1 Å². The smallest absolute Gasteiger partial charge is 0.388 e. The summed E-state index contributed by atoms with van der Waals surface area (Å²) < 4.78 is 6.29. The van der Waals surface area contributed by atoms with Gasteiger partial charge in [0, 0.05) is 45.1 Å². The van der Waals surface area contributed by atoms with Crippen molar-refractivity contribution in [3.8, 4) is 11.5 Å². The second-order valence-electron chi connectivity index (χ2n) is 7.59. The summed E-state index contributed by atoms with van der Waals surface area (Å²) in [6.45, 7) is 4.02. The highest BCUT2D eigenvalue weighted by atomic mass is 16.4. The quantitative estimate of drug-likeness (QED) is 0.662. The molecule has 3 aromatic heterocycles. The van der Waals surface area contributed by atoms with E-state index in [4.69, 9.17) is 4.42 Å². The molecule has 3 aromatic rings. The number of pyridine rings is 1. The van der Waals surface area contributed by atoms with Crippen LogP contribution in [0.5, 0.6) is 0 Å². The maximum atomic E-state index is 13.5. The molecule has 1 amide bonds. The molecule has 11 heteroatoms. The van der Waals surface area contributed by atoms with Gasteiger partial charge in [-0.05, 0) is 25.8 Å². The van der Waals surface area contributed by atoms with Crippen LogP contribution in [0, 0.1) is 0 Å². The molecular weight excluding hydrogens is 400 g/mol. The zero-order valence-electron chi connectivity index (χ0n) is 17.3. The highest BCUT2D eigenvalue weighted by molar-refractivity contribution is 6.10. The third-order valence-corrected chi connectivity index (χ3v) is 5.59. The molecule has 1 N–H and O–H groups in total. The minimum atomic E-state index is -0.560. The van der Waals surface area contributed by atoms with Gasteiger partial charge in [-0.1, -0.05) is 0 Å². The molecule has 5 heterocycles. The van der Waals surface area contributed by atoms with Crippen molar-refractivity contribution in [1.29, 1.82) is 0 Å². The van der Waals surface area contributed by atoms with Crippen molar-refractivity contribution in [2.75, 3.05) is 34.8 Å². The van der Waals surface area contributed by atoms with Crippen molar-refractivity contribution in [1.82, 2.24) is 24.7 Å². The van der Waals surface area contributed by atoms with E-state index in [2.05, 4.69) is 30.3 Å². The second kappa shape index (κ2) is 7.49. The number of rotatable bonds is 4. The fourth-order valence-electron chi connectivity index (χ4n) is 4.11. The number of hydrogen-bond donors (Lipinski definition) is 1. The van der Waals surface area contributed by atoms with Gasteiger partial charge >= 0.3 is 5.76 Å². The Labute approximate surface area is 177 Å². The lowest BCUT2D eigenvalue weighted by Gasteiger charge is -2.27. The number of anilines is 3. The van der Waals surface area contributed by atoms with Crippen LogP contribution < -0.4 is 20.9 Å². The molecule has 0 radical (unpaired) electrons. The van der Waals surface area contributed by atoms with Crippen LogP contribution in [0.4, 0.5) is 17.5 Å². The van der Waals surface area contributed by atoms with Gasteiger partial charge in [-0.2, -0.15) is 9.67 Å². The summed E-state index contributed by atoms with van der Waals surface area (Å²) in [4.78, 5) is 42.3. The SMILES string of the molecule is CCNc1ncc2c(n1)N1CCCC1CN(c1cncc(-c3nn(C)c(=O)o3)c1)C2=O. The first-order valence-electron chi connectivity index (χ1n) is 10.2. The fourth-order valence-corrected chi connectivity index (χ4v) is 4.11. The zero-order chi connectivity index (χ0) is 21.5. The van der Waals surface area contributed by atoms with E-state index in [1.54, 1.807) is 29.6 Å². The molecule has 0 saturated carbocycles. The Morgan fingerprint density at radius 2 is 2.13 bits per heavy atom. The number of amides is 1. The van der Waals surface area contributed by atoms with Crippen LogP contribution in [0.15, 0.2) is 33.9 Å². The van der Waals surface area contributed by atoms with Gasteiger partial charge in [0.25, 0.3) is 11.8 Å². The summed E-state index contributed by atoms with van der Waals surface area (Å²) >= 11 is 0. The van der Waals surface area contributed by atoms with E-state index in [1.807, 2.05) is 6.92 Å². The normalized spacial score (nSPS) is 18.0. The van der Waals surface area contributed by atoms with Crippen molar-refractivity contribution >= 4 is 23.4 Å². The molecule has 2 aliphatic rings. The summed E-state index contributed by atoms with van der Waals surface area (Å²) in [6, 6.07) is 1.90. The highest BCUT2D eigenvalue weighted by Crippen LogP contribution is 2.34. The molecule has 0 aromatic carbocycles. The number of nitrogens with zero attached hydrogens (tertiary/aromatic N) is 7. The molecule has 0 aliphatic carbocycles. The Morgan fingerprint density at radius 3 is 2.90 bits per heavy atom. The number of aromatic nitrogens is 5. The van der Waals surface area contributed by atoms with Crippen LogP contribution in [-0.2, 0) is 7.05 Å². The largest absolute Gasteiger partial charge is 0.437 e. The Morgan fingerprint density at radius 1 is 1.26 bits per heavy atom. The Hall–Kier alpha value is -3.76. The van der Waals surface area contributed by atoms with Gasteiger partial charge in [0.15, 0.2) is 0 Å². The number of carbonyl (C=O) groups excluding carboxylic acids is 1. The lowest BCUT2D eigenvalue weighted by Crippen LogP contribution is -2.39. The van der Waals surface area contributed by atoms with Crippen molar-refractivity contribution in [2.45, 2.75) is 25.8 Å². The molecule has 31 heavy (non-hydrogen) atoms. The molecule has 5 rings (SSSR count). The summed E-state index contributed by atoms with van der Waals surface area (Å²) in [5.41, 5.74) is 1.58. The molecule has 11 nitrogen and oxygen atoms in total. The Bertz CT molecular complexity index is 1200. The maximum Gasteiger partial charge on any atom is 0.437 e. The average Bonchev–Trinajstić information content (AvgIpc) is 3.35. The first-order chi connectivity index (χ1) is 15.0. The number of fused-ring (bicyclic) bond motifs is 3. The molecule has 1 atom stereocenters. The van der Waals surface area contributed by atoms with E-state index in [9.17, 15) is 9.59 Å². The fraction of sp³-hybridized carbons (Fsp3) is 0.400. The standard InChI is InChI=1S/C20H22N8O3/c1-3-22-19-23-10-15-16(24-19)27-6-4-5-13(27)11-28(18(15)29)14-7-12(8-21-9-14)17-25-26(2)20(30)31-17/h7-10,13H,3-6,11H2,1-2H3,(H,22,23,24). The van der Waals surface area contributed by atoms with E-state index in [1.165, 1.54) is 7.05 Å². The minimum absolute atomic E-state index is 0.144. The number of aryl methyl sites for hydroxylation is 1. The van der Waals surface area contributed by atoms with Crippen LogP contribution in [0.3, 0.4) is 0 Å². The van der Waals surface area contributed by atoms with Crippen molar-refractivity contribution in [2.24, 2.45) is 7.05 Å². The van der Waals surface area contributed by atoms with E-state index in [-0.39, 0.29) is 17.8 Å². The van der Waals surface area contributed by atoms with Gasteiger partial charge in [0.1, 0.15) is 11.4 Å². The van der Waals surface area contributed by atoms with Crippen molar-refractivity contribution < 1.29 is 9.21 Å². The first kappa shape index (κ1) is 19.2. The Balaban J connectivity index is 1.56. The topological polar surface area (TPSA) is 122 Å². The lowest BCUT2D eigenvalue weighted by molar-refractivity contribution is 0.0988. The Kier molecular flexibility index (Phi) is 4.64. The lowest BCUT2D eigenvalue weighted by atomic mass is 10.2. The van der Waals surface area contributed by atoms with Gasteiger partial charge in [0.05, 0.1) is 17.4 Å². The van der Waals surface area contributed by atoms with Crippen molar-refractivity contribution in [3.63, 3.8) is 0 Å². The number of nitrogens with one attached hydrogen (secondary N) is 1. The van der Waals surface area contributed by atoms with Gasteiger partial charge in [-0.3, -0.25) is 9.78 Å². The molecular formula is C20H22N8O3. The monoisotopic (exact) mass is 422 g/mol. The van der Waals surface area contributed by atoms with Crippen LogP contribution in [-0.4, -0.2) is 56.3 Å². The van der Waals surface area contributed by atoms with Crippen LogP contribution >= 0.6 is 0 Å². The number of hydrogen-bond acceptors (Lipinski definition) is 9. The minimum Gasteiger partial charge on any atom is -0.388 e. The average molecular weight is 422 g/mol.